The molecule has 3 nitrogen and oxygen atoms in total. The van der Waals surface area contributed by atoms with Crippen molar-refractivity contribution < 1.29 is 9.18 Å². The normalized spacial score (nSPS) is 10.2. The van der Waals surface area contributed by atoms with Gasteiger partial charge in [-0.1, -0.05) is 28.1 Å². The standard InChI is InChI=1S/C14H12BrFN2O/c15-11-4-1-9(2-5-11)8-18-14(19)10-3-6-13(17)12(16)7-10/h1-7H,8,17H2,(H,18,19). The Morgan fingerprint density at radius 2 is 1.89 bits per heavy atom. The topological polar surface area (TPSA) is 55.1 Å². The monoisotopic (exact) mass is 322 g/mol. The van der Waals surface area contributed by atoms with Gasteiger partial charge < -0.3 is 11.1 Å². The van der Waals surface area contributed by atoms with Crippen molar-refractivity contribution in [1.82, 2.24) is 5.32 Å². The van der Waals surface area contributed by atoms with Crippen molar-refractivity contribution >= 4 is 27.5 Å². The molecule has 0 aromatic heterocycles. The van der Waals surface area contributed by atoms with Gasteiger partial charge in [-0.05, 0) is 35.9 Å². The van der Waals surface area contributed by atoms with Crippen molar-refractivity contribution in [3.63, 3.8) is 0 Å². The van der Waals surface area contributed by atoms with E-state index in [-0.39, 0.29) is 17.2 Å². The Hall–Kier alpha value is -1.88. The Bertz CT molecular complexity index is 599. The number of hydrogen-bond donors (Lipinski definition) is 2. The minimum atomic E-state index is -0.587. The predicted octanol–water partition coefficient (Wildman–Crippen LogP) is 3.10. The number of halogens is 2. The summed E-state index contributed by atoms with van der Waals surface area (Å²) in [6, 6.07) is 11.6. The van der Waals surface area contributed by atoms with Crippen LogP contribution in [0.15, 0.2) is 46.9 Å². The fourth-order valence-electron chi connectivity index (χ4n) is 1.56. The Balaban J connectivity index is 2.01. The summed E-state index contributed by atoms with van der Waals surface area (Å²) in [5, 5.41) is 2.72. The van der Waals surface area contributed by atoms with E-state index in [2.05, 4.69) is 21.2 Å². The maximum absolute atomic E-state index is 13.2. The molecule has 0 aliphatic heterocycles. The van der Waals surface area contributed by atoms with E-state index >= 15 is 0 Å². The van der Waals surface area contributed by atoms with Crippen LogP contribution in [0.5, 0.6) is 0 Å². The zero-order valence-corrected chi connectivity index (χ0v) is 11.6. The number of carbonyl (C=O) groups excluding carboxylic acids is 1. The minimum Gasteiger partial charge on any atom is -0.396 e. The molecule has 3 N–H and O–H groups in total. The van der Waals surface area contributed by atoms with E-state index in [0.29, 0.717) is 6.54 Å². The van der Waals surface area contributed by atoms with Gasteiger partial charge in [0.05, 0.1) is 5.69 Å². The van der Waals surface area contributed by atoms with Gasteiger partial charge >= 0.3 is 0 Å². The lowest BCUT2D eigenvalue weighted by Gasteiger charge is -2.06. The minimum absolute atomic E-state index is 0.0319. The average Bonchev–Trinajstić information content (AvgIpc) is 2.41. The lowest BCUT2D eigenvalue weighted by atomic mass is 10.1. The Labute approximate surface area is 118 Å². The van der Waals surface area contributed by atoms with Gasteiger partial charge in [0.2, 0.25) is 0 Å². The number of rotatable bonds is 3. The van der Waals surface area contributed by atoms with E-state index in [1.165, 1.54) is 12.1 Å². The van der Waals surface area contributed by atoms with E-state index in [0.717, 1.165) is 16.1 Å². The number of benzene rings is 2. The first-order valence-electron chi connectivity index (χ1n) is 5.64. The first-order valence-corrected chi connectivity index (χ1v) is 6.43. The van der Waals surface area contributed by atoms with Crippen LogP contribution in [-0.2, 0) is 6.54 Å². The third-order valence-corrected chi connectivity index (χ3v) is 3.16. The highest BCUT2D eigenvalue weighted by atomic mass is 79.9. The lowest BCUT2D eigenvalue weighted by Crippen LogP contribution is -2.22. The molecule has 0 aliphatic carbocycles. The molecular weight excluding hydrogens is 311 g/mol. The Morgan fingerprint density at radius 3 is 2.53 bits per heavy atom. The second-order valence-electron chi connectivity index (χ2n) is 4.05. The van der Waals surface area contributed by atoms with Gasteiger partial charge in [0, 0.05) is 16.6 Å². The van der Waals surface area contributed by atoms with Crippen LogP contribution in [0, 0.1) is 5.82 Å². The molecule has 0 aliphatic rings. The number of anilines is 1. The largest absolute Gasteiger partial charge is 0.396 e. The highest BCUT2D eigenvalue weighted by Crippen LogP contribution is 2.13. The van der Waals surface area contributed by atoms with E-state index < -0.39 is 5.82 Å². The maximum atomic E-state index is 13.2. The zero-order chi connectivity index (χ0) is 13.8. The molecule has 19 heavy (non-hydrogen) atoms. The molecule has 5 heteroatoms. The molecule has 2 aromatic carbocycles. The summed E-state index contributed by atoms with van der Waals surface area (Å²) in [5.74, 6) is -0.918. The van der Waals surface area contributed by atoms with Crippen LogP contribution in [0.3, 0.4) is 0 Å². The van der Waals surface area contributed by atoms with E-state index in [1.807, 2.05) is 24.3 Å². The summed E-state index contributed by atoms with van der Waals surface area (Å²) < 4.78 is 14.2. The molecule has 0 spiro atoms. The fourth-order valence-corrected chi connectivity index (χ4v) is 1.82. The van der Waals surface area contributed by atoms with Crippen molar-refractivity contribution in [2.24, 2.45) is 0 Å². The Kier molecular flexibility index (Phi) is 4.16. The van der Waals surface area contributed by atoms with Gasteiger partial charge in [-0.15, -0.1) is 0 Å². The molecule has 1 amide bonds. The zero-order valence-electron chi connectivity index (χ0n) is 9.99. The molecule has 0 fully saturated rings. The number of carbonyl (C=O) groups is 1. The van der Waals surface area contributed by atoms with E-state index in [9.17, 15) is 9.18 Å². The quantitative estimate of drug-likeness (QED) is 0.853. The fraction of sp³-hybridized carbons (Fsp3) is 0.0714. The molecular formula is C14H12BrFN2O. The summed E-state index contributed by atoms with van der Waals surface area (Å²) in [5.41, 5.74) is 6.61. The third kappa shape index (κ3) is 3.54. The van der Waals surface area contributed by atoms with E-state index in [1.54, 1.807) is 0 Å². The predicted molar refractivity (Wildman–Crippen MR) is 76.1 cm³/mol. The highest BCUT2D eigenvalue weighted by Gasteiger charge is 2.08. The summed E-state index contributed by atoms with van der Waals surface area (Å²) in [7, 11) is 0. The average molecular weight is 323 g/mol. The molecule has 0 unspecified atom stereocenters. The van der Waals surface area contributed by atoms with Gasteiger partial charge in [0.15, 0.2) is 0 Å². The van der Waals surface area contributed by atoms with Crippen molar-refractivity contribution in [3.05, 3.63) is 63.9 Å². The number of nitrogens with one attached hydrogen (secondary N) is 1. The molecule has 0 radical (unpaired) electrons. The summed E-state index contributed by atoms with van der Waals surface area (Å²) in [4.78, 5) is 11.8. The molecule has 0 bridgehead atoms. The SMILES string of the molecule is Nc1ccc(C(=O)NCc2ccc(Br)cc2)cc1F. The van der Waals surface area contributed by atoms with Gasteiger partial charge in [-0.25, -0.2) is 4.39 Å². The molecule has 0 heterocycles. The number of nitrogen functional groups attached to an aromatic ring is 1. The van der Waals surface area contributed by atoms with Crippen molar-refractivity contribution in [2.75, 3.05) is 5.73 Å². The lowest BCUT2D eigenvalue weighted by molar-refractivity contribution is 0.0950. The summed E-state index contributed by atoms with van der Waals surface area (Å²) in [6.07, 6.45) is 0. The van der Waals surface area contributed by atoms with Gasteiger partial charge in [0.25, 0.3) is 5.91 Å². The van der Waals surface area contributed by atoms with Crippen molar-refractivity contribution in [1.29, 1.82) is 0 Å². The number of nitrogens with two attached hydrogens (primary N) is 1. The van der Waals surface area contributed by atoms with Gasteiger partial charge in [-0.3, -0.25) is 4.79 Å². The first-order chi connectivity index (χ1) is 9.06. The van der Waals surface area contributed by atoms with Crippen LogP contribution < -0.4 is 11.1 Å². The second kappa shape index (κ2) is 5.84. The third-order valence-electron chi connectivity index (χ3n) is 2.63. The molecule has 0 saturated heterocycles. The maximum Gasteiger partial charge on any atom is 0.251 e. The van der Waals surface area contributed by atoms with Crippen LogP contribution in [-0.4, -0.2) is 5.91 Å². The number of hydrogen-bond acceptors (Lipinski definition) is 2. The Morgan fingerprint density at radius 1 is 1.21 bits per heavy atom. The van der Waals surface area contributed by atoms with Crippen LogP contribution in [0.25, 0.3) is 0 Å². The van der Waals surface area contributed by atoms with Crippen LogP contribution in [0.1, 0.15) is 15.9 Å². The summed E-state index contributed by atoms with van der Waals surface area (Å²) in [6.45, 7) is 0.387. The van der Waals surface area contributed by atoms with E-state index in [4.69, 9.17) is 5.73 Å². The van der Waals surface area contributed by atoms with Crippen LogP contribution in [0.2, 0.25) is 0 Å². The number of amides is 1. The molecule has 0 saturated carbocycles. The molecule has 2 aromatic rings. The molecule has 98 valence electrons. The van der Waals surface area contributed by atoms with Crippen molar-refractivity contribution in [2.45, 2.75) is 6.54 Å². The van der Waals surface area contributed by atoms with Crippen LogP contribution >= 0.6 is 15.9 Å². The molecule has 2 rings (SSSR count). The van der Waals surface area contributed by atoms with Crippen molar-refractivity contribution in [3.8, 4) is 0 Å². The second-order valence-corrected chi connectivity index (χ2v) is 4.96. The smallest absolute Gasteiger partial charge is 0.251 e. The van der Waals surface area contributed by atoms with Gasteiger partial charge in [0.1, 0.15) is 5.82 Å². The van der Waals surface area contributed by atoms with Gasteiger partial charge in [-0.2, -0.15) is 0 Å². The first kappa shape index (κ1) is 13.5. The summed E-state index contributed by atoms with van der Waals surface area (Å²) >= 11 is 3.34. The van der Waals surface area contributed by atoms with Crippen LogP contribution in [0.4, 0.5) is 10.1 Å². The highest BCUT2D eigenvalue weighted by molar-refractivity contribution is 9.10. The molecule has 0 atom stereocenters.